The lowest BCUT2D eigenvalue weighted by atomic mass is 10.2. The Morgan fingerprint density at radius 2 is 2.11 bits per heavy atom. The number of hydrogen-bond acceptors (Lipinski definition) is 2. The van der Waals surface area contributed by atoms with Crippen LogP contribution in [-0.4, -0.2) is 25.2 Å². The zero-order chi connectivity index (χ0) is 13.8. The quantitative estimate of drug-likeness (QED) is 0.924. The van der Waals surface area contributed by atoms with Crippen LogP contribution in [0.2, 0.25) is 0 Å². The van der Waals surface area contributed by atoms with E-state index in [-0.39, 0.29) is 0 Å². The van der Waals surface area contributed by atoms with E-state index in [0.29, 0.717) is 10.2 Å². The lowest BCUT2D eigenvalue weighted by molar-refractivity contribution is -0.139. The van der Waals surface area contributed by atoms with Crippen LogP contribution < -0.4 is 10.1 Å². The predicted octanol–water partition coefficient (Wildman–Crippen LogP) is 2.81. The highest BCUT2D eigenvalue weighted by Crippen LogP contribution is 2.25. The summed E-state index contributed by atoms with van der Waals surface area (Å²) in [5.41, 5.74) is 0.996. The van der Waals surface area contributed by atoms with Gasteiger partial charge in [-0.05, 0) is 40.5 Å². The maximum absolute atomic E-state index is 11.8. The third-order valence-electron chi connectivity index (χ3n) is 1.93. The van der Waals surface area contributed by atoms with Gasteiger partial charge in [0.1, 0.15) is 12.3 Å². The number of hydrogen-bond donors (Lipinski definition) is 1. The number of amides is 1. The molecule has 0 atom stereocenters. The van der Waals surface area contributed by atoms with Crippen molar-refractivity contribution in [2.24, 2.45) is 0 Å². The summed E-state index contributed by atoms with van der Waals surface area (Å²) in [7, 11) is 0. The third kappa shape index (κ3) is 5.39. The first-order chi connectivity index (χ1) is 8.28. The molecule has 0 unspecified atom stereocenters. The Bertz CT molecular complexity index is 435. The minimum Gasteiger partial charge on any atom is -0.483 e. The van der Waals surface area contributed by atoms with Crippen molar-refractivity contribution in [2.75, 3.05) is 13.2 Å². The van der Waals surface area contributed by atoms with Crippen molar-refractivity contribution in [3.63, 3.8) is 0 Å². The molecule has 1 aromatic rings. The molecule has 100 valence electrons. The minimum absolute atomic E-state index is 0.405. The molecule has 0 radical (unpaired) electrons. The normalized spacial score (nSPS) is 11.2. The van der Waals surface area contributed by atoms with Crippen molar-refractivity contribution in [1.29, 1.82) is 0 Å². The van der Waals surface area contributed by atoms with Crippen molar-refractivity contribution < 1.29 is 22.7 Å². The molecule has 1 rings (SSSR count). The van der Waals surface area contributed by atoms with Gasteiger partial charge in [0.25, 0.3) is 5.91 Å². The molecule has 0 spiro atoms. The number of halogens is 4. The van der Waals surface area contributed by atoms with E-state index in [1.807, 2.05) is 6.92 Å². The van der Waals surface area contributed by atoms with E-state index < -0.39 is 25.2 Å². The summed E-state index contributed by atoms with van der Waals surface area (Å²) in [5, 5.41) is 1.72. The van der Waals surface area contributed by atoms with Crippen LogP contribution in [-0.2, 0) is 4.79 Å². The van der Waals surface area contributed by atoms with Crippen LogP contribution in [0.4, 0.5) is 13.2 Å². The monoisotopic (exact) mass is 325 g/mol. The molecule has 0 fully saturated rings. The largest absolute Gasteiger partial charge is 0.483 e. The van der Waals surface area contributed by atoms with Crippen molar-refractivity contribution in [1.82, 2.24) is 5.32 Å². The third-order valence-corrected chi connectivity index (χ3v) is 2.55. The zero-order valence-corrected chi connectivity index (χ0v) is 11.1. The van der Waals surface area contributed by atoms with Gasteiger partial charge in [-0.2, -0.15) is 13.2 Å². The molecule has 0 bridgehead atoms. The number of carbonyl (C=O) groups excluding carboxylic acids is 1. The first kappa shape index (κ1) is 14.8. The summed E-state index contributed by atoms with van der Waals surface area (Å²) in [6.45, 7) is 0.0621. The molecule has 0 saturated carbocycles. The van der Waals surface area contributed by atoms with Crippen LogP contribution in [0.25, 0.3) is 0 Å². The van der Waals surface area contributed by atoms with Crippen LogP contribution >= 0.6 is 15.9 Å². The van der Waals surface area contributed by atoms with Gasteiger partial charge >= 0.3 is 6.18 Å². The van der Waals surface area contributed by atoms with Crippen molar-refractivity contribution in [2.45, 2.75) is 13.1 Å². The molecule has 1 aromatic carbocycles. The van der Waals surface area contributed by atoms with Crippen molar-refractivity contribution in [3.8, 4) is 5.75 Å². The summed E-state index contributed by atoms with van der Waals surface area (Å²) < 4.78 is 41.2. The van der Waals surface area contributed by atoms with Crippen LogP contribution in [0.3, 0.4) is 0 Å². The van der Waals surface area contributed by atoms with Crippen molar-refractivity contribution >= 4 is 21.8 Å². The highest BCUT2D eigenvalue weighted by molar-refractivity contribution is 9.10. The SMILES string of the molecule is Cc1ccc(OCC(=O)NCC(F)(F)F)c(Br)c1. The van der Waals surface area contributed by atoms with E-state index >= 15 is 0 Å². The number of alkyl halides is 3. The molecule has 1 amide bonds. The van der Waals surface area contributed by atoms with E-state index in [1.165, 1.54) is 0 Å². The van der Waals surface area contributed by atoms with E-state index in [9.17, 15) is 18.0 Å². The Labute approximate surface area is 110 Å². The number of aryl methyl sites for hydroxylation is 1. The molecule has 0 heterocycles. The summed E-state index contributed by atoms with van der Waals surface area (Å²) in [5.74, 6) is -0.414. The van der Waals surface area contributed by atoms with Crippen LogP contribution in [0, 0.1) is 6.92 Å². The van der Waals surface area contributed by atoms with Gasteiger partial charge in [0.2, 0.25) is 0 Å². The highest BCUT2D eigenvalue weighted by Gasteiger charge is 2.27. The molecule has 0 aromatic heterocycles. The highest BCUT2D eigenvalue weighted by atomic mass is 79.9. The number of rotatable bonds is 4. The van der Waals surface area contributed by atoms with Crippen LogP contribution in [0.15, 0.2) is 22.7 Å². The molecular formula is C11H11BrF3NO2. The zero-order valence-electron chi connectivity index (χ0n) is 9.47. The summed E-state index contributed by atoms with van der Waals surface area (Å²) >= 11 is 3.23. The topological polar surface area (TPSA) is 38.3 Å². The second-order valence-electron chi connectivity index (χ2n) is 3.61. The van der Waals surface area contributed by atoms with E-state index in [0.717, 1.165) is 5.56 Å². The fourth-order valence-corrected chi connectivity index (χ4v) is 1.72. The number of benzene rings is 1. The van der Waals surface area contributed by atoms with Gasteiger partial charge in [0, 0.05) is 0 Å². The first-order valence-electron chi connectivity index (χ1n) is 5.00. The summed E-state index contributed by atoms with van der Waals surface area (Å²) in [4.78, 5) is 11.1. The Morgan fingerprint density at radius 3 is 2.67 bits per heavy atom. The molecule has 1 N–H and O–H groups in total. The molecule has 0 saturated heterocycles. The van der Waals surface area contributed by atoms with Crippen molar-refractivity contribution in [3.05, 3.63) is 28.2 Å². The molecular weight excluding hydrogens is 315 g/mol. The Hall–Kier alpha value is -1.24. The number of ether oxygens (including phenoxy) is 1. The second kappa shape index (κ2) is 6.08. The lowest BCUT2D eigenvalue weighted by Gasteiger charge is -2.10. The van der Waals surface area contributed by atoms with Gasteiger partial charge < -0.3 is 10.1 Å². The Kier molecular flexibility index (Phi) is 5.01. The average molecular weight is 326 g/mol. The van der Waals surface area contributed by atoms with E-state index in [1.54, 1.807) is 23.5 Å². The molecule has 7 heteroatoms. The second-order valence-corrected chi connectivity index (χ2v) is 4.47. The van der Waals surface area contributed by atoms with Gasteiger partial charge in [0.05, 0.1) is 4.47 Å². The average Bonchev–Trinajstić information content (AvgIpc) is 2.24. The van der Waals surface area contributed by atoms with Gasteiger partial charge in [-0.25, -0.2) is 0 Å². The maximum Gasteiger partial charge on any atom is 0.405 e. The molecule has 0 aliphatic rings. The first-order valence-corrected chi connectivity index (χ1v) is 5.79. The fraction of sp³-hybridized carbons (Fsp3) is 0.364. The fourth-order valence-electron chi connectivity index (χ4n) is 1.12. The Balaban J connectivity index is 2.43. The van der Waals surface area contributed by atoms with Gasteiger partial charge in [-0.3, -0.25) is 4.79 Å². The van der Waals surface area contributed by atoms with Crippen LogP contribution in [0.1, 0.15) is 5.56 Å². The minimum atomic E-state index is -4.42. The van der Waals surface area contributed by atoms with E-state index in [2.05, 4.69) is 15.9 Å². The summed E-state index contributed by atoms with van der Waals surface area (Å²) in [6, 6.07) is 5.19. The number of carbonyl (C=O) groups is 1. The van der Waals surface area contributed by atoms with Gasteiger partial charge in [0.15, 0.2) is 6.61 Å². The molecule has 3 nitrogen and oxygen atoms in total. The summed E-state index contributed by atoms with van der Waals surface area (Å²) in [6.07, 6.45) is -4.42. The standard InChI is InChI=1S/C11H11BrF3NO2/c1-7-2-3-9(8(12)4-7)18-5-10(17)16-6-11(13,14)15/h2-4H,5-6H2,1H3,(H,16,17). The van der Waals surface area contributed by atoms with Gasteiger partial charge in [-0.15, -0.1) is 0 Å². The maximum atomic E-state index is 11.8. The molecule has 0 aliphatic carbocycles. The smallest absolute Gasteiger partial charge is 0.405 e. The lowest BCUT2D eigenvalue weighted by Crippen LogP contribution is -2.36. The van der Waals surface area contributed by atoms with Gasteiger partial charge in [-0.1, -0.05) is 6.07 Å². The van der Waals surface area contributed by atoms with Crippen LogP contribution in [0.5, 0.6) is 5.75 Å². The molecule has 0 aliphatic heterocycles. The Morgan fingerprint density at radius 1 is 1.44 bits per heavy atom. The number of nitrogens with one attached hydrogen (secondary N) is 1. The predicted molar refractivity (Wildman–Crippen MR) is 63.4 cm³/mol. The van der Waals surface area contributed by atoms with E-state index in [4.69, 9.17) is 4.74 Å². The molecule has 18 heavy (non-hydrogen) atoms.